The second kappa shape index (κ2) is 13.3. The molecule has 0 spiro atoms. The molecule has 1 amide bonds. The molecule has 0 fully saturated rings. The minimum Gasteiger partial charge on any atom is -0.327 e. The molecule has 0 N–H and O–H groups in total. The Hall–Kier alpha value is -3.14. The number of aryl methyl sites for hydroxylation is 1. The second-order valence-electron chi connectivity index (χ2n) is 6.75. The molecule has 0 unspecified atom stereocenters. The van der Waals surface area contributed by atoms with Crippen molar-refractivity contribution in [2.24, 2.45) is 0 Å². The zero-order valence-corrected chi connectivity index (χ0v) is 21.2. The van der Waals surface area contributed by atoms with E-state index in [0.717, 1.165) is 29.3 Å². The van der Waals surface area contributed by atoms with Crippen LogP contribution in [-0.2, 0) is 6.42 Å². The van der Waals surface area contributed by atoms with E-state index in [-0.39, 0.29) is 5.91 Å². The van der Waals surface area contributed by atoms with Gasteiger partial charge in [0.05, 0.1) is 16.9 Å². The van der Waals surface area contributed by atoms with Crippen LogP contribution in [0.25, 0.3) is 0 Å². The Morgan fingerprint density at radius 3 is 1.94 bits per heavy atom. The number of benzene rings is 2. The first kappa shape index (κ1) is 26.9. The Labute approximate surface area is 194 Å². The highest BCUT2D eigenvalue weighted by atomic mass is 16.2. The zero-order chi connectivity index (χ0) is 24.3. The van der Waals surface area contributed by atoms with Gasteiger partial charge < -0.3 is 9.80 Å². The van der Waals surface area contributed by atoms with Crippen LogP contribution in [0.4, 0.5) is 17.2 Å². The number of hydrogen-bond donors (Lipinski definition) is 0. The topological polar surface area (TPSA) is 36.4 Å². The number of fused-ring (bicyclic) bond motifs is 2. The summed E-state index contributed by atoms with van der Waals surface area (Å²) >= 11 is 0. The van der Waals surface area contributed by atoms with E-state index in [0.29, 0.717) is 5.56 Å². The van der Waals surface area contributed by atoms with E-state index in [1.807, 2.05) is 89.9 Å². The number of carbonyl (C=O) groups is 1. The van der Waals surface area contributed by atoms with E-state index >= 15 is 0 Å². The van der Waals surface area contributed by atoms with Crippen molar-refractivity contribution < 1.29 is 4.79 Å². The summed E-state index contributed by atoms with van der Waals surface area (Å²) in [6, 6.07) is 20.2. The third kappa shape index (κ3) is 5.97. The highest BCUT2D eigenvalue weighted by Crippen LogP contribution is 2.37. The maximum atomic E-state index is 12.8. The number of amides is 1. The first-order valence-electron chi connectivity index (χ1n) is 11.7. The minimum absolute atomic E-state index is 0.0146. The average molecular weight is 434 g/mol. The number of carbonyl (C=O) groups excluding carboxylic acids is 1. The lowest BCUT2D eigenvalue weighted by Gasteiger charge is -2.21. The number of nitrogens with zero attached hydrogens (tertiary/aromatic N) is 3. The maximum absolute atomic E-state index is 12.8. The Balaban J connectivity index is 0.000000789. The van der Waals surface area contributed by atoms with Crippen molar-refractivity contribution >= 4 is 23.1 Å². The van der Waals surface area contributed by atoms with E-state index in [9.17, 15) is 4.79 Å². The summed E-state index contributed by atoms with van der Waals surface area (Å²) in [5, 5.41) is 0. The Kier molecular flexibility index (Phi) is 11.2. The normalized spacial score (nSPS) is 11.3. The molecule has 0 aliphatic carbocycles. The average Bonchev–Trinajstić information content (AvgIpc) is 2.94. The quantitative estimate of drug-likeness (QED) is 0.422. The molecule has 4 nitrogen and oxygen atoms in total. The predicted molar refractivity (Wildman–Crippen MR) is 140 cm³/mol. The van der Waals surface area contributed by atoms with E-state index in [1.54, 1.807) is 11.9 Å². The molecule has 2 heterocycles. The fourth-order valence-electron chi connectivity index (χ4n) is 3.35. The predicted octanol–water partition coefficient (Wildman–Crippen LogP) is 7.42. The Morgan fingerprint density at radius 2 is 1.31 bits per heavy atom. The summed E-state index contributed by atoms with van der Waals surface area (Å²) in [5.41, 5.74) is 5.85. The lowest BCUT2D eigenvalue weighted by Crippen LogP contribution is -2.25. The van der Waals surface area contributed by atoms with Crippen molar-refractivity contribution in [2.75, 3.05) is 23.9 Å². The molecular formula is C28H39N3O. The van der Waals surface area contributed by atoms with Gasteiger partial charge in [-0.25, -0.2) is 4.98 Å². The number of pyridine rings is 1. The van der Waals surface area contributed by atoms with Crippen molar-refractivity contribution in [1.29, 1.82) is 0 Å². The molecule has 4 heteroatoms. The molecule has 0 atom stereocenters. The van der Waals surface area contributed by atoms with Crippen LogP contribution < -0.4 is 9.80 Å². The molecule has 2 aromatic carbocycles. The summed E-state index contributed by atoms with van der Waals surface area (Å²) in [7, 11) is 3.77. The van der Waals surface area contributed by atoms with Crippen molar-refractivity contribution in [1.82, 2.24) is 4.98 Å². The highest BCUT2D eigenvalue weighted by molar-refractivity contribution is 6.13. The summed E-state index contributed by atoms with van der Waals surface area (Å²) in [6.45, 7) is 14.1. The molecule has 3 aromatic rings. The molecule has 172 valence electrons. The molecule has 0 saturated heterocycles. The number of anilines is 3. The second-order valence-corrected chi connectivity index (χ2v) is 6.75. The van der Waals surface area contributed by atoms with Gasteiger partial charge in [0.25, 0.3) is 5.91 Å². The van der Waals surface area contributed by atoms with Crippen molar-refractivity contribution in [2.45, 2.75) is 54.9 Å². The molecular weight excluding hydrogens is 394 g/mol. The summed E-state index contributed by atoms with van der Waals surface area (Å²) in [4.78, 5) is 21.4. The summed E-state index contributed by atoms with van der Waals surface area (Å²) < 4.78 is 0. The Bertz CT molecular complexity index is 980. The fraction of sp³-hybridized carbons (Fsp3) is 0.357. The highest BCUT2D eigenvalue weighted by Gasteiger charge is 2.28. The SMILES string of the molecule is CC.CC.CC.Cc1ccc(Cc2ccc3c(n2)N(C)c2ccccc2C(=O)N3C)cc1. The van der Waals surface area contributed by atoms with E-state index in [4.69, 9.17) is 4.98 Å². The lowest BCUT2D eigenvalue weighted by atomic mass is 10.1. The standard InChI is InChI=1S/C22H21N3O.3C2H6/c1-15-8-10-16(11-9-15)14-17-12-13-20-21(23-17)24(2)19-7-5-4-6-18(19)22(26)25(20)3;3*1-2/h4-13H,14H2,1-3H3;3*1-2H3. The van der Waals surface area contributed by atoms with Crippen molar-refractivity contribution in [3.8, 4) is 0 Å². The van der Waals surface area contributed by atoms with Crippen LogP contribution in [0.1, 0.15) is 68.7 Å². The monoisotopic (exact) mass is 433 g/mol. The van der Waals surface area contributed by atoms with Crippen molar-refractivity contribution in [3.05, 3.63) is 83.0 Å². The van der Waals surface area contributed by atoms with Crippen LogP contribution in [0, 0.1) is 6.92 Å². The van der Waals surface area contributed by atoms with Crippen molar-refractivity contribution in [3.63, 3.8) is 0 Å². The van der Waals surface area contributed by atoms with Gasteiger partial charge in [0.15, 0.2) is 5.82 Å². The third-order valence-electron chi connectivity index (χ3n) is 4.90. The zero-order valence-electron chi connectivity index (χ0n) is 21.2. The lowest BCUT2D eigenvalue weighted by molar-refractivity contribution is 0.0994. The van der Waals surface area contributed by atoms with Crippen LogP contribution in [-0.4, -0.2) is 25.0 Å². The molecule has 0 bridgehead atoms. The fourth-order valence-corrected chi connectivity index (χ4v) is 3.35. The first-order valence-corrected chi connectivity index (χ1v) is 11.7. The Morgan fingerprint density at radius 1 is 0.719 bits per heavy atom. The summed E-state index contributed by atoms with van der Waals surface area (Å²) in [5.74, 6) is 0.787. The van der Waals surface area contributed by atoms with Gasteiger partial charge in [0.2, 0.25) is 0 Å². The largest absolute Gasteiger partial charge is 0.327 e. The number of rotatable bonds is 2. The molecule has 0 saturated carbocycles. The minimum atomic E-state index is -0.0146. The molecule has 1 aliphatic heterocycles. The van der Waals surface area contributed by atoms with Gasteiger partial charge in [-0.3, -0.25) is 4.79 Å². The number of aromatic nitrogens is 1. The van der Waals surface area contributed by atoms with E-state index in [1.165, 1.54) is 11.1 Å². The smallest absolute Gasteiger partial charge is 0.260 e. The summed E-state index contributed by atoms with van der Waals surface area (Å²) in [6.07, 6.45) is 0.765. The van der Waals surface area contributed by atoms with Crippen LogP contribution in [0.5, 0.6) is 0 Å². The number of hydrogen-bond acceptors (Lipinski definition) is 3. The van der Waals surface area contributed by atoms with Crippen LogP contribution in [0.3, 0.4) is 0 Å². The van der Waals surface area contributed by atoms with Crippen LogP contribution >= 0.6 is 0 Å². The first-order chi connectivity index (χ1) is 15.5. The van der Waals surface area contributed by atoms with Gasteiger partial charge in [-0.15, -0.1) is 0 Å². The van der Waals surface area contributed by atoms with Gasteiger partial charge >= 0.3 is 0 Å². The van der Waals surface area contributed by atoms with Gasteiger partial charge in [-0.05, 0) is 36.8 Å². The van der Waals surface area contributed by atoms with Gasteiger partial charge in [-0.2, -0.15) is 0 Å². The molecule has 32 heavy (non-hydrogen) atoms. The number of para-hydroxylation sites is 1. The van der Waals surface area contributed by atoms with E-state index < -0.39 is 0 Å². The third-order valence-corrected chi connectivity index (χ3v) is 4.90. The molecule has 4 rings (SSSR count). The van der Waals surface area contributed by atoms with Gasteiger partial charge in [-0.1, -0.05) is 83.5 Å². The maximum Gasteiger partial charge on any atom is 0.260 e. The molecule has 0 radical (unpaired) electrons. The molecule has 1 aliphatic rings. The van der Waals surface area contributed by atoms with Crippen LogP contribution in [0.15, 0.2) is 60.7 Å². The van der Waals surface area contributed by atoms with Gasteiger partial charge in [0.1, 0.15) is 0 Å². The van der Waals surface area contributed by atoms with Crippen LogP contribution in [0.2, 0.25) is 0 Å². The van der Waals surface area contributed by atoms with E-state index in [2.05, 4.69) is 31.2 Å². The molecule has 1 aromatic heterocycles. The van der Waals surface area contributed by atoms with Gasteiger partial charge in [0, 0.05) is 26.2 Å².